The standard InChI is InChI=1S/C20H24N4O2S/c1-4-24-18(12-16-8-6-5-7-9-16)21-22-20(24)27-14-19(25)23(3)13-17-11-10-15(2)26-17/h5-11H,4,12-14H2,1-3H3. The quantitative estimate of drug-likeness (QED) is 0.556. The van der Waals surface area contributed by atoms with Crippen LogP contribution in [0.4, 0.5) is 0 Å². The molecule has 1 aromatic carbocycles. The smallest absolute Gasteiger partial charge is 0.233 e. The van der Waals surface area contributed by atoms with E-state index in [4.69, 9.17) is 4.42 Å². The fourth-order valence-corrected chi connectivity index (χ4v) is 3.74. The summed E-state index contributed by atoms with van der Waals surface area (Å²) in [6.45, 7) is 5.20. The van der Waals surface area contributed by atoms with Gasteiger partial charge in [0.15, 0.2) is 5.16 Å². The van der Waals surface area contributed by atoms with Crippen molar-refractivity contribution in [2.45, 2.75) is 38.5 Å². The monoisotopic (exact) mass is 384 g/mol. The first-order valence-corrected chi connectivity index (χ1v) is 9.93. The number of nitrogens with zero attached hydrogens (tertiary/aromatic N) is 4. The van der Waals surface area contributed by atoms with Crippen molar-refractivity contribution in [1.82, 2.24) is 19.7 Å². The number of carbonyl (C=O) groups excluding carboxylic acids is 1. The van der Waals surface area contributed by atoms with E-state index in [-0.39, 0.29) is 5.91 Å². The number of hydrogen-bond acceptors (Lipinski definition) is 5. The zero-order chi connectivity index (χ0) is 19.2. The molecule has 142 valence electrons. The van der Waals surface area contributed by atoms with Crippen LogP contribution in [-0.2, 0) is 24.3 Å². The average molecular weight is 385 g/mol. The predicted molar refractivity (Wildman–Crippen MR) is 106 cm³/mol. The minimum atomic E-state index is 0.0318. The number of aromatic nitrogens is 3. The van der Waals surface area contributed by atoms with Crippen molar-refractivity contribution in [3.8, 4) is 0 Å². The number of rotatable bonds is 8. The molecule has 0 atom stereocenters. The fraction of sp³-hybridized carbons (Fsp3) is 0.350. The van der Waals surface area contributed by atoms with Crippen molar-refractivity contribution in [3.63, 3.8) is 0 Å². The van der Waals surface area contributed by atoms with E-state index in [0.717, 1.165) is 35.5 Å². The molecule has 0 aliphatic carbocycles. The third kappa shape index (κ3) is 5.01. The van der Waals surface area contributed by atoms with Crippen molar-refractivity contribution in [3.05, 3.63) is 65.4 Å². The van der Waals surface area contributed by atoms with Gasteiger partial charge in [0.05, 0.1) is 12.3 Å². The van der Waals surface area contributed by atoms with Crippen LogP contribution in [0.2, 0.25) is 0 Å². The summed E-state index contributed by atoms with van der Waals surface area (Å²) in [4.78, 5) is 14.1. The summed E-state index contributed by atoms with van der Waals surface area (Å²) < 4.78 is 7.61. The molecule has 0 aliphatic rings. The number of amides is 1. The van der Waals surface area contributed by atoms with E-state index in [9.17, 15) is 4.79 Å². The molecule has 0 saturated heterocycles. The minimum Gasteiger partial charge on any atom is -0.464 e. The number of carbonyl (C=O) groups is 1. The predicted octanol–water partition coefficient (Wildman–Crippen LogP) is 3.54. The molecular formula is C20H24N4O2S. The molecule has 0 unspecified atom stereocenters. The van der Waals surface area contributed by atoms with E-state index in [0.29, 0.717) is 12.3 Å². The van der Waals surface area contributed by atoms with Gasteiger partial charge in [-0.15, -0.1) is 10.2 Å². The third-order valence-corrected chi connectivity index (χ3v) is 5.21. The van der Waals surface area contributed by atoms with Crippen LogP contribution >= 0.6 is 11.8 Å². The molecule has 0 bridgehead atoms. The highest BCUT2D eigenvalue weighted by molar-refractivity contribution is 7.99. The van der Waals surface area contributed by atoms with Gasteiger partial charge in [0, 0.05) is 20.0 Å². The molecule has 6 nitrogen and oxygen atoms in total. The van der Waals surface area contributed by atoms with Crippen LogP contribution in [0.25, 0.3) is 0 Å². The normalized spacial score (nSPS) is 10.9. The van der Waals surface area contributed by atoms with E-state index in [1.54, 1.807) is 11.9 Å². The lowest BCUT2D eigenvalue weighted by Gasteiger charge is -2.15. The van der Waals surface area contributed by atoms with Gasteiger partial charge in [-0.2, -0.15) is 0 Å². The summed E-state index contributed by atoms with van der Waals surface area (Å²) in [6, 6.07) is 14.0. The highest BCUT2D eigenvalue weighted by Crippen LogP contribution is 2.19. The Labute approximate surface area is 163 Å². The summed E-state index contributed by atoms with van der Waals surface area (Å²) in [5.41, 5.74) is 1.20. The van der Waals surface area contributed by atoms with Gasteiger partial charge in [0.2, 0.25) is 5.91 Å². The van der Waals surface area contributed by atoms with Crippen LogP contribution in [0.15, 0.2) is 52.0 Å². The molecule has 2 aromatic heterocycles. The van der Waals surface area contributed by atoms with Gasteiger partial charge in [-0.3, -0.25) is 4.79 Å². The first kappa shape index (κ1) is 19.2. The zero-order valence-corrected chi connectivity index (χ0v) is 16.7. The topological polar surface area (TPSA) is 64.2 Å². The molecule has 0 radical (unpaired) electrons. The molecule has 3 rings (SSSR count). The van der Waals surface area contributed by atoms with Gasteiger partial charge in [-0.25, -0.2) is 0 Å². The summed E-state index contributed by atoms with van der Waals surface area (Å²) in [7, 11) is 1.78. The van der Waals surface area contributed by atoms with Crippen LogP contribution in [0, 0.1) is 6.92 Å². The molecule has 2 heterocycles. The molecule has 1 amide bonds. The molecule has 7 heteroatoms. The number of furan rings is 1. The van der Waals surface area contributed by atoms with Gasteiger partial charge in [0.1, 0.15) is 17.3 Å². The van der Waals surface area contributed by atoms with Gasteiger partial charge in [-0.1, -0.05) is 42.1 Å². The second-order valence-electron chi connectivity index (χ2n) is 6.36. The summed E-state index contributed by atoms with van der Waals surface area (Å²) in [5.74, 6) is 2.90. The van der Waals surface area contributed by atoms with Gasteiger partial charge in [-0.05, 0) is 31.5 Å². The van der Waals surface area contributed by atoms with Crippen LogP contribution < -0.4 is 0 Å². The highest BCUT2D eigenvalue weighted by atomic mass is 32.2. The Bertz CT molecular complexity index is 889. The van der Waals surface area contributed by atoms with Crippen LogP contribution in [0.3, 0.4) is 0 Å². The zero-order valence-electron chi connectivity index (χ0n) is 15.9. The minimum absolute atomic E-state index is 0.0318. The molecule has 0 saturated carbocycles. The molecule has 0 N–H and O–H groups in total. The lowest BCUT2D eigenvalue weighted by atomic mass is 10.1. The van der Waals surface area contributed by atoms with Crippen LogP contribution in [0.5, 0.6) is 0 Å². The fourth-order valence-electron chi connectivity index (χ4n) is 2.78. The second-order valence-corrected chi connectivity index (χ2v) is 7.30. The number of hydrogen-bond donors (Lipinski definition) is 0. The number of aryl methyl sites for hydroxylation is 1. The molecule has 0 aliphatic heterocycles. The summed E-state index contributed by atoms with van der Waals surface area (Å²) in [6.07, 6.45) is 0.730. The molecule has 3 aromatic rings. The number of thioether (sulfide) groups is 1. The molecular weight excluding hydrogens is 360 g/mol. The van der Waals surface area contributed by atoms with Crippen molar-refractivity contribution in [2.24, 2.45) is 0 Å². The van der Waals surface area contributed by atoms with Crippen LogP contribution in [-0.4, -0.2) is 38.4 Å². The average Bonchev–Trinajstić information content (AvgIpc) is 3.25. The maximum atomic E-state index is 12.4. The van der Waals surface area contributed by atoms with Crippen molar-refractivity contribution in [2.75, 3.05) is 12.8 Å². The van der Waals surface area contributed by atoms with E-state index in [2.05, 4.69) is 33.8 Å². The van der Waals surface area contributed by atoms with E-state index in [1.807, 2.05) is 37.3 Å². The van der Waals surface area contributed by atoms with Crippen molar-refractivity contribution < 1.29 is 9.21 Å². The Morgan fingerprint density at radius 1 is 1.19 bits per heavy atom. The van der Waals surface area contributed by atoms with Gasteiger partial charge >= 0.3 is 0 Å². The Hall–Kier alpha value is -2.54. The number of benzene rings is 1. The lowest BCUT2D eigenvalue weighted by Crippen LogP contribution is -2.27. The summed E-state index contributed by atoms with van der Waals surface area (Å²) in [5, 5.41) is 9.39. The first-order valence-electron chi connectivity index (χ1n) is 8.95. The van der Waals surface area contributed by atoms with Gasteiger partial charge < -0.3 is 13.9 Å². The molecule has 0 spiro atoms. The molecule has 0 fully saturated rings. The molecule has 27 heavy (non-hydrogen) atoms. The van der Waals surface area contributed by atoms with E-state index in [1.165, 1.54) is 17.3 Å². The lowest BCUT2D eigenvalue weighted by molar-refractivity contribution is -0.127. The Morgan fingerprint density at radius 2 is 1.96 bits per heavy atom. The maximum absolute atomic E-state index is 12.4. The third-order valence-electron chi connectivity index (χ3n) is 4.25. The summed E-state index contributed by atoms with van der Waals surface area (Å²) >= 11 is 1.42. The van der Waals surface area contributed by atoms with Crippen molar-refractivity contribution >= 4 is 17.7 Å². The van der Waals surface area contributed by atoms with Gasteiger partial charge in [0.25, 0.3) is 0 Å². The Morgan fingerprint density at radius 3 is 2.63 bits per heavy atom. The Kier molecular flexibility index (Phi) is 6.34. The first-order chi connectivity index (χ1) is 13.1. The SMILES string of the molecule is CCn1c(Cc2ccccc2)nnc1SCC(=O)N(C)Cc1ccc(C)o1. The second kappa shape index (κ2) is 8.90. The van der Waals surface area contributed by atoms with E-state index < -0.39 is 0 Å². The Balaban J connectivity index is 1.59. The maximum Gasteiger partial charge on any atom is 0.233 e. The highest BCUT2D eigenvalue weighted by Gasteiger charge is 2.16. The largest absolute Gasteiger partial charge is 0.464 e. The van der Waals surface area contributed by atoms with Crippen LogP contribution in [0.1, 0.15) is 29.8 Å². The van der Waals surface area contributed by atoms with Crippen molar-refractivity contribution in [1.29, 1.82) is 0 Å². The van der Waals surface area contributed by atoms with E-state index >= 15 is 0 Å².